The van der Waals surface area contributed by atoms with E-state index in [0.29, 0.717) is 13.0 Å². The first-order valence-corrected chi connectivity index (χ1v) is 9.27. The minimum absolute atomic E-state index is 0.151. The molecule has 0 saturated heterocycles. The Balaban J connectivity index is 1.66. The summed E-state index contributed by atoms with van der Waals surface area (Å²) >= 11 is 0. The fraction of sp³-hybridized carbons (Fsp3) is 0.286. The fourth-order valence-electron chi connectivity index (χ4n) is 4.11. The molecule has 1 aromatic carbocycles. The number of H-pyrrole nitrogens is 1. The summed E-state index contributed by atoms with van der Waals surface area (Å²) in [5.74, 6) is 2.18. The van der Waals surface area contributed by atoms with Crippen LogP contribution < -0.4 is 4.74 Å². The van der Waals surface area contributed by atoms with E-state index in [4.69, 9.17) is 9.84 Å². The maximum Gasteiger partial charge on any atom is 0.222 e. The van der Waals surface area contributed by atoms with Crippen molar-refractivity contribution in [3.63, 3.8) is 0 Å². The summed E-state index contributed by atoms with van der Waals surface area (Å²) in [6.45, 7) is 2.59. The Kier molecular flexibility index (Phi) is 3.70. The molecule has 6 nitrogen and oxygen atoms in total. The molecule has 0 bridgehead atoms. The Bertz CT molecular complexity index is 1030. The number of fused-ring (bicyclic) bond motifs is 1. The van der Waals surface area contributed by atoms with Crippen molar-refractivity contribution in [3.05, 3.63) is 76.7 Å². The molecule has 0 radical (unpaired) electrons. The van der Waals surface area contributed by atoms with E-state index in [0.717, 1.165) is 52.7 Å². The van der Waals surface area contributed by atoms with E-state index in [1.807, 2.05) is 29.8 Å². The van der Waals surface area contributed by atoms with Gasteiger partial charge in [0.1, 0.15) is 11.6 Å². The van der Waals surface area contributed by atoms with E-state index < -0.39 is 0 Å². The zero-order chi connectivity index (χ0) is 18.4. The van der Waals surface area contributed by atoms with Gasteiger partial charge in [-0.25, -0.2) is 9.67 Å². The number of ether oxygens (including phenoxy) is 1. The van der Waals surface area contributed by atoms with Gasteiger partial charge in [-0.2, -0.15) is 5.10 Å². The molecule has 6 heteroatoms. The molecule has 0 fully saturated rings. The molecule has 0 amide bonds. The number of Topliss-reactive ketones (excluding diaryl/α,β-unsaturated/α-hetero) is 1. The highest BCUT2D eigenvalue weighted by atomic mass is 16.5. The van der Waals surface area contributed by atoms with Crippen molar-refractivity contribution in [2.45, 2.75) is 38.6 Å². The number of aromatic nitrogens is 4. The molecule has 5 rings (SSSR count). The van der Waals surface area contributed by atoms with Crippen LogP contribution in [0.25, 0.3) is 0 Å². The van der Waals surface area contributed by atoms with Crippen LogP contribution in [-0.4, -0.2) is 25.5 Å². The van der Waals surface area contributed by atoms with Crippen LogP contribution in [0.1, 0.15) is 47.8 Å². The van der Waals surface area contributed by atoms with Crippen LogP contribution in [-0.2, 0) is 11.3 Å². The number of aromatic amines is 1. The summed E-state index contributed by atoms with van der Waals surface area (Å²) < 4.78 is 8.18. The first-order chi connectivity index (χ1) is 13.2. The van der Waals surface area contributed by atoms with Gasteiger partial charge >= 0.3 is 0 Å². The Morgan fingerprint density at radius 2 is 2.11 bits per heavy atom. The zero-order valence-electron chi connectivity index (χ0n) is 15.1. The lowest BCUT2D eigenvalue weighted by atomic mass is 9.80. The van der Waals surface area contributed by atoms with Gasteiger partial charge in [-0.1, -0.05) is 30.3 Å². The normalized spacial score (nSPS) is 18.9. The highest BCUT2D eigenvalue weighted by molar-refractivity contribution is 5.99. The van der Waals surface area contributed by atoms with Crippen LogP contribution in [0.4, 0.5) is 0 Å². The van der Waals surface area contributed by atoms with Crippen LogP contribution in [0.3, 0.4) is 0 Å². The van der Waals surface area contributed by atoms with E-state index in [2.05, 4.69) is 22.1 Å². The number of hydrogen-bond acceptors (Lipinski definition) is 4. The predicted molar refractivity (Wildman–Crippen MR) is 99.5 cm³/mol. The Morgan fingerprint density at radius 1 is 1.26 bits per heavy atom. The number of carbonyl (C=O) groups is 1. The van der Waals surface area contributed by atoms with Crippen molar-refractivity contribution >= 4 is 5.78 Å². The van der Waals surface area contributed by atoms with Gasteiger partial charge in [0.2, 0.25) is 5.88 Å². The number of aryl methyl sites for hydroxylation is 1. The van der Waals surface area contributed by atoms with Crippen molar-refractivity contribution in [3.8, 4) is 5.88 Å². The lowest BCUT2D eigenvalue weighted by molar-refractivity contribution is -0.116. The Morgan fingerprint density at radius 3 is 2.89 bits per heavy atom. The molecule has 2 aliphatic rings. The van der Waals surface area contributed by atoms with Gasteiger partial charge in [0.25, 0.3) is 0 Å². The third kappa shape index (κ3) is 2.60. The quantitative estimate of drug-likeness (QED) is 0.776. The summed E-state index contributed by atoms with van der Waals surface area (Å²) in [5, 5.41) is 4.74. The van der Waals surface area contributed by atoms with Gasteiger partial charge in [0.15, 0.2) is 5.78 Å². The second kappa shape index (κ2) is 6.23. The second-order valence-electron chi connectivity index (χ2n) is 7.07. The molecule has 1 N–H and O–H groups in total. The SMILES string of the molecule is Cc1nn(Cc2ccccc2)c2c1[C@@H](c1ncc[nH]1)C1=C(CCCC1=O)O2. The maximum atomic E-state index is 12.7. The first kappa shape index (κ1) is 16.1. The number of rotatable bonds is 3. The second-order valence-corrected chi connectivity index (χ2v) is 7.07. The van der Waals surface area contributed by atoms with Crippen LogP contribution >= 0.6 is 0 Å². The molecule has 3 heterocycles. The van der Waals surface area contributed by atoms with Crippen LogP contribution in [0, 0.1) is 6.92 Å². The van der Waals surface area contributed by atoms with Gasteiger partial charge in [0.05, 0.1) is 23.7 Å². The largest absolute Gasteiger partial charge is 0.443 e. The summed E-state index contributed by atoms with van der Waals surface area (Å²) in [6.07, 6.45) is 5.67. The molecule has 0 spiro atoms. The number of allylic oxidation sites excluding steroid dienone is 2. The molecule has 27 heavy (non-hydrogen) atoms. The van der Waals surface area contributed by atoms with E-state index in [1.165, 1.54) is 0 Å². The van der Waals surface area contributed by atoms with E-state index in [-0.39, 0.29) is 11.7 Å². The molecule has 0 unspecified atom stereocenters. The molecule has 1 atom stereocenters. The van der Waals surface area contributed by atoms with Crippen molar-refractivity contribution in [2.24, 2.45) is 0 Å². The first-order valence-electron chi connectivity index (χ1n) is 9.27. The minimum Gasteiger partial charge on any atom is -0.443 e. The average molecular weight is 360 g/mol. The van der Waals surface area contributed by atoms with E-state index >= 15 is 0 Å². The maximum absolute atomic E-state index is 12.7. The molecule has 0 saturated carbocycles. The number of carbonyl (C=O) groups excluding carboxylic acids is 1. The van der Waals surface area contributed by atoms with Gasteiger partial charge < -0.3 is 9.72 Å². The number of ketones is 1. The van der Waals surface area contributed by atoms with Crippen molar-refractivity contribution in [2.75, 3.05) is 0 Å². The molecule has 2 aromatic heterocycles. The lowest BCUT2D eigenvalue weighted by Gasteiger charge is -2.30. The standard InChI is InChI=1S/C21H20N4O2/c1-13-17-19(20-22-10-11-23-20)18-15(26)8-5-9-16(18)27-21(17)25(24-13)12-14-6-3-2-4-7-14/h2-4,6-7,10-11,19H,5,8-9,12H2,1H3,(H,22,23)/t19-/m1/s1. The molecule has 1 aliphatic carbocycles. The average Bonchev–Trinajstić information content (AvgIpc) is 3.31. The smallest absolute Gasteiger partial charge is 0.222 e. The summed E-state index contributed by atoms with van der Waals surface area (Å²) in [4.78, 5) is 20.4. The van der Waals surface area contributed by atoms with Crippen LogP contribution in [0.5, 0.6) is 5.88 Å². The third-order valence-electron chi connectivity index (χ3n) is 5.30. The Labute approximate surface area is 156 Å². The highest BCUT2D eigenvalue weighted by Crippen LogP contribution is 2.47. The third-order valence-corrected chi connectivity index (χ3v) is 5.30. The number of benzene rings is 1. The fourth-order valence-corrected chi connectivity index (χ4v) is 4.11. The molecule has 1 aliphatic heterocycles. The summed E-state index contributed by atoms with van der Waals surface area (Å²) in [7, 11) is 0. The van der Waals surface area contributed by atoms with Crippen molar-refractivity contribution in [1.29, 1.82) is 0 Å². The zero-order valence-corrected chi connectivity index (χ0v) is 15.1. The van der Waals surface area contributed by atoms with Gasteiger partial charge in [0, 0.05) is 30.8 Å². The van der Waals surface area contributed by atoms with Crippen molar-refractivity contribution in [1.82, 2.24) is 19.7 Å². The van der Waals surface area contributed by atoms with Gasteiger partial charge in [-0.3, -0.25) is 4.79 Å². The predicted octanol–water partition coefficient (Wildman–Crippen LogP) is 3.49. The number of imidazole rings is 1. The molecule has 3 aromatic rings. The van der Waals surface area contributed by atoms with E-state index in [9.17, 15) is 4.79 Å². The van der Waals surface area contributed by atoms with Crippen LogP contribution in [0.15, 0.2) is 54.1 Å². The van der Waals surface area contributed by atoms with Crippen molar-refractivity contribution < 1.29 is 9.53 Å². The molecular weight excluding hydrogens is 340 g/mol. The summed E-state index contributed by atoms with van der Waals surface area (Å²) in [6, 6.07) is 10.2. The number of nitrogens with zero attached hydrogens (tertiary/aromatic N) is 3. The van der Waals surface area contributed by atoms with E-state index in [1.54, 1.807) is 12.4 Å². The lowest BCUT2D eigenvalue weighted by Crippen LogP contribution is -2.26. The topological polar surface area (TPSA) is 72.8 Å². The molecular formula is C21H20N4O2. The van der Waals surface area contributed by atoms with Crippen LogP contribution in [0.2, 0.25) is 0 Å². The monoisotopic (exact) mass is 360 g/mol. The molecule has 136 valence electrons. The number of hydrogen-bond donors (Lipinski definition) is 1. The number of nitrogens with one attached hydrogen (secondary N) is 1. The van der Waals surface area contributed by atoms with Gasteiger partial charge in [-0.15, -0.1) is 0 Å². The minimum atomic E-state index is -0.240. The van der Waals surface area contributed by atoms with Gasteiger partial charge in [-0.05, 0) is 18.9 Å². The highest BCUT2D eigenvalue weighted by Gasteiger charge is 2.41. The Hall–Kier alpha value is -3.15. The summed E-state index contributed by atoms with van der Waals surface area (Å²) in [5.41, 5.74) is 3.70.